The maximum Gasteiger partial charge on any atom is 0.267 e. The fourth-order valence-electron chi connectivity index (χ4n) is 3.73. The monoisotopic (exact) mass is 445 g/mol. The number of amidine groups is 1. The van der Waals surface area contributed by atoms with Crippen molar-refractivity contribution in [2.45, 2.75) is 38.1 Å². The van der Waals surface area contributed by atoms with Gasteiger partial charge in [0.25, 0.3) is 5.91 Å². The molecule has 1 saturated heterocycles. The van der Waals surface area contributed by atoms with E-state index in [1.54, 1.807) is 24.4 Å². The highest BCUT2D eigenvalue weighted by molar-refractivity contribution is 8.18. The van der Waals surface area contributed by atoms with Crippen LogP contribution in [0.5, 0.6) is 17.2 Å². The zero-order chi connectivity index (χ0) is 21.1. The highest BCUT2D eigenvalue weighted by Gasteiger charge is 2.38. The van der Waals surface area contributed by atoms with E-state index in [-0.39, 0.29) is 29.2 Å². The van der Waals surface area contributed by atoms with Crippen molar-refractivity contribution in [3.8, 4) is 17.2 Å². The number of methoxy groups -OCH3 is 2. The van der Waals surface area contributed by atoms with E-state index in [0.29, 0.717) is 20.8 Å². The van der Waals surface area contributed by atoms with Gasteiger partial charge in [-0.15, -0.1) is 11.3 Å². The van der Waals surface area contributed by atoms with Gasteiger partial charge in [-0.05, 0) is 48.4 Å². The van der Waals surface area contributed by atoms with Crippen molar-refractivity contribution < 1.29 is 19.4 Å². The Labute approximate surface area is 183 Å². The third-order valence-corrected chi connectivity index (χ3v) is 6.84. The number of rotatable bonds is 5. The third kappa shape index (κ3) is 4.17. The normalized spacial score (nSPS) is 20.3. The molecule has 1 amide bonds. The van der Waals surface area contributed by atoms with Crippen LogP contribution < -0.4 is 9.47 Å². The largest absolute Gasteiger partial charge is 0.502 e. The molecule has 158 valence electrons. The van der Waals surface area contributed by atoms with Gasteiger partial charge in [0.15, 0.2) is 16.7 Å². The molecule has 0 spiro atoms. The van der Waals surface area contributed by atoms with Gasteiger partial charge >= 0.3 is 0 Å². The Bertz CT molecular complexity index is 957. The number of hydrogen-bond acceptors (Lipinski definition) is 8. The molecule has 0 atom stereocenters. The van der Waals surface area contributed by atoms with Crippen LogP contribution >= 0.6 is 23.1 Å². The summed E-state index contributed by atoms with van der Waals surface area (Å²) < 4.78 is 10.5. The standard InChI is InChI=1S/C21H23N3O4S2/c1-27-15-10-13(11-16(28-2)18(15)25)12-17-19(26)24(14-6-4-3-5-7-14)21(30-17)23-20-22-8-9-29-20/h8-12,14,25H,3-7H2,1-2H3/b17-12-,23-21+. The number of hydrogen-bond donors (Lipinski definition) is 1. The lowest BCUT2D eigenvalue weighted by molar-refractivity contribution is -0.124. The number of carbonyl (C=O) groups is 1. The number of benzene rings is 1. The van der Waals surface area contributed by atoms with Gasteiger partial charge in [-0.1, -0.05) is 19.3 Å². The zero-order valence-corrected chi connectivity index (χ0v) is 18.5. The average Bonchev–Trinajstić information content (AvgIpc) is 3.38. The van der Waals surface area contributed by atoms with Crippen molar-refractivity contribution in [3.05, 3.63) is 34.2 Å². The van der Waals surface area contributed by atoms with Gasteiger partial charge in [-0.25, -0.2) is 4.98 Å². The summed E-state index contributed by atoms with van der Waals surface area (Å²) in [5, 5.41) is 13.3. The van der Waals surface area contributed by atoms with Gasteiger partial charge < -0.3 is 14.6 Å². The van der Waals surface area contributed by atoms with Gasteiger partial charge in [-0.3, -0.25) is 9.69 Å². The summed E-state index contributed by atoms with van der Waals surface area (Å²) in [6, 6.07) is 3.52. The van der Waals surface area contributed by atoms with E-state index >= 15 is 0 Å². The number of aromatic hydroxyl groups is 1. The number of carbonyl (C=O) groups excluding carboxylic acids is 1. The molecule has 9 heteroatoms. The first-order valence-corrected chi connectivity index (χ1v) is 11.5. The molecule has 4 rings (SSSR count). The number of thioether (sulfide) groups is 1. The zero-order valence-electron chi connectivity index (χ0n) is 16.8. The number of phenolic OH excluding ortho intramolecular Hbond substituents is 1. The number of aliphatic imine (C=N–C) groups is 1. The van der Waals surface area contributed by atoms with Crippen LogP contribution in [0.2, 0.25) is 0 Å². The molecule has 2 aromatic rings. The van der Waals surface area contributed by atoms with Crippen LogP contribution in [0.1, 0.15) is 37.7 Å². The highest BCUT2D eigenvalue weighted by Crippen LogP contribution is 2.41. The van der Waals surface area contributed by atoms with Crippen LogP contribution in [-0.2, 0) is 4.79 Å². The van der Waals surface area contributed by atoms with Gasteiger partial charge in [-0.2, -0.15) is 4.99 Å². The Morgan fingerprint density at radius 1 is 1.20 bits per heavy atom. The Morgan fingerprint density at radius 3 is 2.50 bits per heavy atom. The van der Waals surface area contributed by atoms with E-state index in [0.717, 1.165) is 25.7 Å². The van der Waals surface area contributed by atoms with Crippen LogP contribution in [0, 0.1) is 0 Å². The molecule has 30 heavy (non-hydrogen) atoms. The van der Waals surface area contributed by atoms with E-state index in [4.69, 9.17) is 9.47 Å². The van der Waals surface area contributed by atoms with Crippen LogP contribution in [0.15, 0.2) is 33.6 Å². The van der Waals surface area contributed by atoms with Crippen LogP contribution in [0.3, 0.4) is 0 Å². The second-order valence-corrected chi connectivity index (χ2v) is 8.94. The fraction of sp³-hybridized carbons (Fsp3) is 0.381. The Balaban J connectivity index is 1.71. The number of thiazole rings is 1. The molecule has 1 N–H and O–H groups in total. The molecule has 0 unspecified atom stereocenters. The summed E-state index contributed by atoms with van der Waals surface area (Å²) >= 11 is 2.80. The van der Waals surface area contributed by atoms with Crippen LogP contribution in [0.25, 0.3) is 6.08 Å². The molecule has 1 aliphatic carbocycles. The second kappa shape index (κ2) is 9.09. The van der Waals surface area contributed by atoms with Crippen molar-refractivity contribution in [2.24, 2.45) is 4.99 Å². The van der Waals surface area contributed by atoms with E-state index in [9.17, 15) is 9.90 Å². The lowest BCUT2D eigenvalue weighted by Crippen LogP contribution is -2.40. The summed E-state index contributed by atoms with van der Waals surface area (Å²) in [7, 11) is 2.95. The molecule has 7 nitrogen and oxygen atoms in total. The average molecular weight is 446 g/mol. The molecule has 0 bridgehead atoms. The number of amides is 1. The number of aromatic nitrogens is 1. The fourth-order valence-corrected chi connectivity index (χ4v) is 5.33. The second-order valence-electron chi connectivity index (χ2n) is 7.06. The van der Waals surface area contributed by atoms with Gasteiger partial charge in [0.05, 0.1) is 19.1 Å². The molecule has 1 aliphatic heterocycles. The molecule has 0 radical (unpaired) electrons. The predicted molar refractivity (Wildman–Crippen MR) is 120 cm³/mol. The SMILES string of the molecule is COc1cc(/C=C2\S/C(=N/c3nccs3)N(C3CCCCC3)C2=O)cc(OC)c1O. The summed E-state index contributed by atoms with van der Waals surface area (Å²) in [6.07, 6.45) is 8.92. The molecular weight excluding hydrogens is 422 g/mol. The van der Waals surface area contributed by atoms with Crippen molar-refractivity contribution in [1.29, 1.82) is 0 Å². The Kier molecular flexibility index (Phi) is 6.29. The first-order chi connectivity index (χ1) is 14.6. The van der Waals surface area contributed by atoms with Gasteiger partial charge in [0, 0.05) is 17.6 Å². The summed E-state index contributed by atoms with van der Waals surface area (Å²) in [4.78, 5) is 24.7. The molecule has 2 aliphatic rings. The minimum atomic E-state index is -0.0672. The van der Waals surface area contributed by atoms with Gasteiger partial charge in [0.2, 0.25) is 10.9 Å². The maximum atomic E-state index is 13.4. The van der Waals surface area contributed by atoms with Crippen LogP contribution in [0.4, 0.5) is 5.13 Å². The summed E-state index contributed by atoms with van der Waals surface area (Å²) in [6.45, 7) is 0. The number of nitrogens with zero attached hydrogens (tertiary/aromatic N) is 3. The van der Waals surface area contributed by atoms with E-state index in [1.807, 2.05) is 10.3 Å². The quantitative estimate of drug-likeness (QED) is 0.666. The van der Waals surface area contributed by atoms with E-state index < -0.39 is 0 Å². The van der Waals surface area contributed by atoms with Crippen LogP contribution in [-0.4, -0.2) is 46.3 Å². The molecule has 1 aromatic heterocycles. The first-order valence-electron chi connectivity index (χ1n) is 9.77. The Hall–Kier alpha value is -2.52. The summed E-state index contributed by atoms with van der Waals surface area (Å²) in [5.74, 6) is 0.463. The minimum Gasteiger partial charge on any atom is -0.502 e. The minimum absolute atomic E-state index is 0.0479. The van der Waals surface area contributed by atoms with E-state index in [1.165, 1.54) is 43.7 Å². The first kappa shape index (κ1) is 20.7. The smallest absolute Gasteiger partial charge is 0.267 e. The number of ether oxygens (including phenoxy) is 2. The highest BCUT2D eigenvalue weighted by atomic mass is 32.2. The van der Waals surface area contributed by atoms with Crippen molar-refractivity contribution in [1.82, 2.24) is 9.88 Å². The molecule has 1 saturated carbocycles. The summed E-state index contributed by atoms with van der Waals surface area (Å²) in [5.41, 5.74) is 0.705. The molecular formula is C21H23N3O4S2. The maximum absolute atomic E-state index is 13.4. The number of phenols is 1. The van der Waals surface area contributed by atoms with E-state index in [2.05, 4.69) is 9.98 Å². The van der Waals surface area contributed by atoms with Gasteiger partial charge in [0.1, 0.15) is 0 Å². The molecule has 1 aromatic carbocycles. The Morgan fingerprint density at radius 2 is 1.90 bits per heavy atom. The van der Waals surface area contributed by atoms with Crippen molar-refractivity contribution in [2.75, 3.05) is 14.2 Å². The molecule has 2 heterocycles. The third-order valence-electron chi connectivity index (χ3n) is 5.19. The molecule has 2 fully saturated rings. The lowest BCUT2D eigenvalue weighted by Gasteiger charge is -2.30. The predicted octanol–water partition coefficient (Wildman–Crippen LogP) is 4.80. The van der Waals surface area contributed by atoms with Crippen molar-refractivity contribution in [3.63, 3.8) is 0 Å². The lowest BCUT2D eigenvalue weighted by atomic mass is 9.94. The van der Waals surface area contributed by atoms with Crippen molar-refractivity contribution >= 4 is 45.4 Å². The topological polar surface area (TPSA) is 84.3 Å².